The van der Waals surface area contributed by atoms with Crippen molar-refractivity contribution in [2.45, 2.75) is 17.2 Å². The van der Waals surface area contributed by atoms with Gasteiger partial charge >= 0.3 is 0 Å². The number of nitrogens with zero attached hydrogens (tertiary/aromatic N) is 3. The first-order valence-corrected chi connectivity index (χ1v) is 11.5. The van der Waals surface area contributed by atoms with E-state index in [0.717, 1.165) is 42.1 Å². The normalized spacial score (nSPS) is 12.5. The fourth-order valence-corrected chi connectivity index (χ4v) is 4.56. The number of carbonyl (C=O) groups excluding carboxylic acids is 1. The molecule has 0 aliphatic heterocycles. The van der Waals surface area contributed by atoms with Crippen molar-refractivity contribution < 1.29 is 13.8 Å². The molecular weight excluding hydrogens is 376 g/mol. The summed E-state index contributed by atoms with van der Waals surface area (Å²) in [7, 11) is 11.3. The second kappa shape index (κ2) is 9.37. The highest BCUT2D eigenvalue weighted by Crippen LogP contribution is 2.28. The maximum Gasteiger partial charge on any atom is 0.251 e. The van der Waals surface area contributed by atoms with Crippen molar-refractivity contribution in [2.24, 2.45) is 0 Å². The first-order chi connectivity index (χ1) is 12.6. The fourth-order valence-electron chi connectivity index (χ4n) is 3.03. The number of thioether (sulfide) groups is 1. The van der Waals surface area contributed by atoms with Crippen LogP contribution >= 0.6 is 23.1 Å². The van der Waals surface area contributed by atoms with Crippen molar-refractivity contribution >= 4 is 39.2 Å². The summed E-state index contributed by atoms with van der Waals surface area (Å²) in [6.07, 6.45) is 4.23. The number of thiazole rings is 1. The number of amides is 1. The van der Waals surface area contributed by atoms with Crippen LogP contribution in [0.15, 0.2) is 22.5 Å². The van der Waals surface area contributed by atoms with Gasteiger partial charge in [0, 0.05) is 24.9 Å². The number of aromatic nitrogens is 1. The third-order valence-corrected chi connectivity index (χ3v) is 6.63. The molecule has 0 unspecified atom stereocenters. The van der Waals surface area contributed by atoms with Crippen LogP contribution in [0.25, 0.3) is 10.2 Å². The molecule has 0 fully saturated rings. The number of rotatable bonds is 10. The molecule has 7 heteroatoms. The number of benzene rings is 1. The molecule has 150 valence electrons. The molecule has 1 aromatic carbocycles. The summed E-state index contributed by atoms with van der Waals surface area (Å²) < 4.78 is 4.12. The molecule has 0 saturated carbocycles. The molecular formula is C20H34N4OS2+2. The maximum absolute atomic E-state index is 12.4. The van der Waals surface area contributed by atoms with Crippen LogP contribution < -0.4 is 5.32 Å². The van der Waals surface area contributed by atoms with Crippen molar-refractivity contribution in [1.29, 1.82) is 0 Å². The summed E-state index contributed by atoms with van der Waals surface area (Å²) in [5.74, 6) is 0.00587. The van der Waals surface area contributed by atoms with Crippen LogP contribution in [0.2, 0.25) is 0 Å². The largest absolute Gasteiger partial charge is 0.352 e. The number of hydrogen-bond donors (Lipinski definition) is 1. The van der Waals surface area contributed by atoms with E-state index in [1.54, 1.807) is 23.1 Å². The first-order valence-electron chi connectivity index (χ1n) is 9.45. The van der Waals surface area contributed by atoms with Gasteiger partial charge in [0.2, 0.25) is 0 Å². The van der Waals surface area contributed by atoms with Gasteiger partial charge < -0.3 is 14.3 Å². The lowest BCUT2D eigenvalue weighted by molar-refractivity contribution is -0.902. The second-order valence-corrected chi connectivity index (χ2v) is 10.8. The Kier molecular flexibility index (Phi) is 7.68. The van der Waals surface area contributed by atoms with E-state index >= 15 is 0 Å². The predicted molar refractivity (Wildman–Crippen MR) is 118 cm³/mol. The van der Waals surface area contributed by atoms with Crippen LogP contribution in [0.3, 0.4) is 0 Å². The van der Waals surface area contributed by atoms with E-state index in [1.807, 2.05) is 24.5 Å². The van der Waals surface area contributed by atoms with Crippen LogP contribution in [0.1, 0.15) is 23.2 Å². The summed E-state index contributed by atoms with van der Waals surface area (Å²) in [4.78, 5) is 17.0. The van der Waals surface area contributed by atoms with Crippen LogP contribution in [-0.4, -0.2) is 87.5 Å². The Morgan fingerprint density at radius 1 is 1.11 bits per heavy atom. The summed E-state index contributed by atoms with van der Waals surface area (Å²) in [5.41, 5.74) is 1.68. The number of hydrogen-bond acceptors (Lipinski definition) is 4. The Hall–Kier alpha value is -1.15. The van der Waals surface area contributed by atoms with Crippen LogP contribution in [0.5, 0.6) is 0 Å². The summed E-state index contributed by atoms with van der Waals surface area (Å²) in [6.45, 7) is 4.15. The molecule has 0 aliphatic carbocycles. The van der Waals surface area contributed by atoms with Gasteiger partial charge in [-0.15, -0.1) is 11.3 Å². The van der Waals surface area contributed by atoms with E-state index in [-0.39, 0.29) is 5.91 Å². The molecule has 1 N–H and O–H groups in total. The Morgan fingerprint density at radius 2 is 1.81 bits per heavy atom. The highest BCUT2D eigenvalue weighted by molar-refractivity contribution is 8.00. The van der Waals surface area contributed by atoms with Gasteiger partial charge in [-0.25, -0.2) is 4.98 Å². The van der Waals surface area contributed by atoms with Gasteiger partial charge in [0.1, 0.15) is 0 Å². The zero-order chi connectivity index (χ0) is 20.1. The third-order valence-electron chi connectivity index (χ3n) is 4.62. The quantitative estimate of drug-likeness (QED) is 0.371. The molecule has 2 rings (SSSR count). The average molecular weight is 411 g/mol. The molecule has 0 saturated heterocycles. The molecule has 27 heavy (non-hydrogen) atoms. The number of carbonyl (C=O) groups is 1. The molecule has 1 heterocycles. The van der Waals surface area contributed by atoms with Crippen molar-refractivity contribution in [2.75, 3.05) is 67.7 Å². The van der Waals surface area contributed by atoms with Crippen molar-refractivity contribution in [3.05, 3.63) is 23.8 Å². The Balaban J connectivity index is 1.77. The standard InChI is InChI=1S/C20H33N4OS2/c1-23(2,3)12-8-14-24(4,5)13-7-11-21-19(25)16-9-10-17-18(15-16)27-20(22-17)26-6/h9-10,15H,7-8,11-14H2,1-6H3/q+1/p+1. The zero-order valence-corrected chi connectivity index (χ0v) is 19.2. The molecule has 1 aromatic heterocycles. The van der Waals surface area contributed by atoms with Crippen molar-refractivity contribution in [3.63, 3.8) is 0 Å². The summed E-state index contributed by atoms with van der Waals surface area (Å²) in [6, 6.07) is 5.76. The van der Waals surface area contributed by atoms with Gasteiger partial charge in [-0.2, -0.15) is 0 Å². The molecule has 2 aromatic rings. The van der Waals surface area contributed by atoms with Crippen LogP contribution in [0, 0.1) is 0 Å². The Labute approximate surface area is 171 Å². The zero-order valence-electron chi connectivity index (χ0n) is 17.5. The third kappa shape index (κ3) is 7.41. The lowest BCUT2D eigenvalue weighted by Gasteiger charge is -2.31. The molecule has 0 radical (unpaired) electrons. The highest BCUT2D eigenvalue weighted by Gasteiger charge is 2.17. The monoisotopic (exact) mass is 410 g/mol. The minimum Gasteiger partial charge on any atom is -0.352 e. The minimum atomic E-state index is 0.00587. The maximum atomic E-state index is 12.4. The molecule has 5 nitrogen and oxygen atoms in total. The van der Waals surface area contributed by atoms with E-state index < -0.39 is 0 Å². The predicted octanol–water partition coefficient (Wildman–Crippen LogP) is 3.31. The van der Waals surface area contributed by atoms with Crippen LogP contribution in [-0.2, 0) is 0 Å². The first kappa shape index (κ1) is 22.1. The molecule has 0 atom stereocenters. The topological polar surface area (TPSA) is 42.0 Å². The summed E-state index contributed by atoms with van der Waals surface area (Å²) >= 11 is 3.28. The number of fused-ring (bicyclic) bond motifs is 1. The van der Waals surface area contributed by atoms with E-state index in [1.165, 1.54) is 19.5 Å². The van der Waals surface area contributed by atoms with Gasteiger partial charge in [-0.1, -0.05) is 11.8 Å². The van der Waals surface area contributed by atoms with Gasteiger partial charge in [-0.05, 0) is 24.5 Å². The fraction of sp³-hybridized carbons (Fsp3) is 0.600. The van der Waals surface area contributed by atoms with Gasteiger partial charge in [0.25, 0.3) is 5.91 Å². The van der Waals surface area contributed by atoms with E-state index in [9.17, 15) is 4.79 Å². The number of nitrogens with one attached hydrogen (secondary N) is 1. The number of quaternary nitrogens is 2. The van der Waals surface area contributed by atoms with Gasteiger partial charge in [0.05, 0.1) is 65.1 Å². The van der Waals surface area contributed by atoms with Gasteiger partial charge in [0.15, 0.2) is 4.34 Å². The highest BCUT2D eigenvalue weighted by atomic mass is 32.2. The molecule has 1 amide bonds. The van der Waals surface area contributed by atoms with E-state index in [0.29, 0.717) is 6.54 Å². The molecule has 0 bridgehead atoms. The van der Waals surface area contributed by atoms with E-state index in [4.69, 9.17) is 0 Å². The SMILES string of the molecule is CSc1nc2ccc(C(=O)NCCC[N+](C)(C)CCC[N+](C)(C)C)cc2s1. The lowest BCUT2D eigenvalue weighted by Crippen LogP contribution is -2.45. The van der Waals surface area contributed by atoms with Crippen molar-refractivity contribution in [3.8, 4) is 0 Å². The lowest BCUT2D eigenvalue weighted by atomic mass is 10.2. The average Bonchev–Trinajstić information content (AvgIpc) is 2.99. The molecule has 0 spiro atoms. The second-order valence-electron chi connectivity index (χ2n) is 8.73. The Morgan fingerprint density at radius 3 is 2.48 bits per heavy atom. The van der Waals surface area contributed by atoms with Gasteiger partial charge in [-0.3, -0.25) is 4.79 Å². The van der Waals surface area contributed by atoms with E-state index in [2.05, 4.69) is 45.5 Å². The summed E-state index contributed by atoms with van der Waals surface area (Å²) in [5, 5.41) is 3.06. The Bertz CT molecular complexity index is 765. The van der Waals surface area contributed by atoms with Crippen molar-refractivity contribution in [1.82, 2.24) is 10.3 Å². The van der Waals surface area contributed by atoms with Crippen LogP contribution in [0.4, 0.5) is 0 Å². The minimum absolute atomic E-state index is 0.00587. The molecule has 0 aliphatic rings. The smallest absolute Gasteiger partial charge is 0.251 e.